The third-order valence-corrected chi connectivity index (χ3v) is 2.75. The number of hydrogen-bond donors (Lipinski definition) is 4. The van der Waals surface area contributed by atoms with Gasteiger partial charge in [0, 0.05) is 19.3 Å². The number of carboxylic acid groups (broad SMARTS) is 1. The molecule has 0 heterocycles. The number of amides is 2. The van der Waals surface area contributed by atoms with Crippen LogP contribution in [-0.2, 0) is 0 Å². The van der Waals surface area contributed by atoms with E-state index in [0.29, 0.717) is 12.2 Å². The van der Waals surface area contributed by atoms with Crippen LogP contribution in [0.4, 0.5) is 10.5 Å². The highest BCUT2D eigenvalue weighted by Crippen LogP contribution is 2.21. The number of carbonyl (C=O) groups is 2. The van der Waals surface area contributed by atoms with Crippen LogP contribution in [0.5, 0.6) is 5.75 Å². The van der Waals surface area contributed by atoms with E-state index in [4.69, 9.17) is 5.11 Å². The fraction of sp³-hybridized carbons (Fsp3) is 0.385. The minimum absolute atomic E-state index is 0.249. The highest BCUT2D eigenvalue weighted by molar-refractivity contribution is 5.95. The second kappa shape index (κ2) is 7.34. The average Bonchev–Trinajstić information content (AvgIpc) is 2.40. The highest BCUT2D eigenvalue weighted by atomic mass is 16.4. The molecular formula is C13H19N3O4. The van der Waals surface area contributed by atoms with Crippen molar-refractivity contribution in [1.29, 1.82) is 0 Å². The fourth-order valence-electron chi connectivity index (χ4n) is 1.60. The zero-order valence-corrected chi connectivity index (χ0v) is 11.5. The van der Waals surface area contributed by atoms with Gasteiger partial charge in [-0.3, -0.25) is 0 Å². The minimum atomic E-state index is -1.25. The van der Waals surface area contributed by atoms with Gasteiger partial charge in [-0.05, 0) is 38.2 Å². The lowest BCUT2D eigenvalue weighted by Gasteiger charge is -2.18. The monoisotopic (exact) mass is 281 g/mol. The molecule has 4 N–H and O–H groups in total. The Morgan fingerprint density at radius 2 is 2.05 bits per heavy atom. The van der Waals surface area contributed by atoms with E-state index in [-0.39, 0.29) is 17.3 Å². The van der Waals surface area contributed by atoms with E-state index >= 15 is 0 Å². The summed E-state index contributed by atoms with van der Waals surface area (Å²) in [7, 11) is 3.49. The van der Waals surface area contributed by atoms with Crippen molar-refractivity contribution in [2.45, 2.75) is 6.42 Å². The van der Waals surface area contributed by atoms with Crippen LogP contribution in [0.2, 0.25) is 0 Å². The van der Waals surface area contributed by atoms with Crippen molar-refractivity contribution in [3.05, 3.63) is 23.8 Å². The molecule has 0 fully saturated rings. The van der Waals surface area contributed by atoms with Crippen molar-refractivity contribution < 1.29 is 19.8 Å². The van der Waals surface area contributed by atoms with Gasteiger partial charge in [-0.1, -0.05) is 0 Å². The van der Waals surface area contributed by atoms with E-state index in [2.05, 4.69) is 10.6 Å². The molecular weight excluding hydrogens is 262 g/mol. The van der Waals surface area contributed by atoms with Gasteiger partial charge >= 0.3 is 12.0 Å². The number of rotatable bonds is 6. The lowest BCUT2D eigenvalue weighted by Crippen LogP contribution is -2.33. The number of aromatic hydroxyl groups is 1. The molecule has 20 heavy (non-hydrogen) atoms. The maximum absolute atomic E-state index is 11.9. The van der Waals surface area contributed by atoms with Crippen LogP contribution in [0.3, 0.4) is 0 Å². The van der Waals surface area contributed by atoms with Gasteiger partial charge in [0.05, 0.1) is 0 Å². The molecule has 0 aliphatic rings. The molecule has 1 rings (SSSR count). The zero-order chi connectivity index (χ0) is 15.1. The second-order valence-corrected chi connectivity index (χ2v) is 4.35. The molecule has 0 aliphatic heterocycles. The maximum atomic E-state index is 11.9. The van der Waals surface area contributed by atoms with Crippen molar-refractivity contribution in [3.8, 4) is 5.75 Å². The molecule has 0 radical (unpaired) electrons. The topological polar surface area (TPSA) is 102 Å². The van der Waals surface area contributed by atoms with Crippen LogP contribution in [0.1, 0.15) is 16.8 Å². The number of carbonyl (C=O) groups excluding carboxylic acids is 1. The summed E-state index contributed by atoms with van der Waals surface area (Å²) < 4.78 is 0. The van der Waals surface area contributed by atoms with Crippen molar-refractivity contribution in [3.63, 3.8) is 0 Å². The number of benzene rings is 1. The molecule has 7 heteroatoms. The Morgan fingerprint density at radius 3 is 2.65 bits per heavy atom. The Morgan fingerprint density at radius 1 is 1.35 bits per heavy atom. The van der Waals surface area contributed by atoms with Crippen LogP contribution >= 0.6 is 0 Å². The first kappa shape index (κ1) is 15.8. The Bertz CT molecular complexity index is 491. The summed E-state index contributed by atoms with van der Waals surface area (Å²) in [6.45, 7) is 1.39. The van der Waals surface area contributed by atoms with Gasteiger partial charge in [0.2, 0.25) is 0 Å². The zero-order valence-electron chi connectivity index (χ0n) is 11.5. The lowest BCUT2D eigenvalue weighted by molar-refractivity contribution is 0.0693. The summed E-state index contributed by atoms with van der Waals surface area (Å²) in [5.74, 6) is -1.58. The molecule has 7 nitrogen and oxygen atoms in total. The molecule has 0 unspecified atom stereocenters. The smallest absolute Gasteiger partial charge is 0.339 e. The van der Waals surface area contributed by atoms with Gasteiger partial charge in [0.15, 0.2) is 0 Å². The first-order chi connectivity index (χ1) is 9.45. The summed E-state index contributed by atoms with van der Waals surface area (Å²) in [5.41, 5.74) is 0.0753. The predicted octanol–water partition coefficient (Wildman–Crippen LogP) is 1.16. The van der Waals surface area contributed by atoms with Gasteiger partial charge in [0.1, 0.15) is 11.3 Å². The van der Waals surface area contributed by atoms with E-state index in [9.17, 15) is 14.7 Å². The quantitative estimate of drug-likeness (QED) is 0.463. The normalized spacial score (nSPS) is 10.1. The van der Waals surface area contributed by atoms with Gasteiger partial charge < -0.3 is 25.7 Å². The highest BCUT2D eigenvalue weighted by Gasteiger charge is 2.13. The summed E-state index contributed by atoms with van der Waals surface area (Å²) >= 11 is 0. The molecule has 0 saturated carbocycles. The summed E-state index contributed by atoms with van der Waals surface area (Å²) in [5, 5.41) is 23.8. The first-order valence-corrected chi connectivity index (χ1v) is 6.18. The molecule has 0 saturated heterocycles. The summed E-state index contributed by atoms with van der Waals surface area (Å²) in [6.07, 6.45) is 0.816. The maximum Gasteiger partial charge on any atom is 0.339 e. The van der Waals surface area contributed by atoms with E-state index < -0.39 is 5.97 Å². The summed E-state index contributed by atoms with van der Waals surface area (Å²) in [4.78, 5) is 24.2. The SMILES string of the molecule is CNCCCN(C)C(=O)Nc1ccc(O)c(C(=O)O)c1. The number of nitrogens with zero attached hydrogens (tertiary/aromatic N) is 1. The number of anilines is 1. The number of phenols is 1. The molecule has 0 bridgehead atoms. The van der Waals surface area contributed by atoms with Crippen LogP contribution in [0.25, 0.3) is 0 Å². The predicted molar refractivity (Wildman–Crippen MR) is 75.3 cm³/mol. The van der Waals surface area contributed by atoms with E-state index in [0.717, 1.165) is 13.0 Å². The Kier molecular flexibility index (Phi) is 5.79. The van der Waals surface area contributed by atoms with Crippen molar-refractivity contribution in [2.75, 3.05) is 32.5 Å². The standard InChI is InChI=1S/C13H19N3O4/c1-14-6-3-7-16(2)13(20)15-9-4-5-11(17)10(8-9)12(18)19/h4-5,8,14,17H,3,6-7H2,1-2H3,(H,15,20)(H,18,19). The number of aromatic carboxylic acids is 1. The van der Waals surface area contributed by atoms with Crippen molar-refractivity contribution >= 4 is 17.7 Å². The summed E-state index contributed by atoms with van der Waals surface area (Å²) in [6, 6.07) is 3.57. The Hall–Kier alpha value is -2.28. The van der Waals surface area contributed by atoms with E-state index in [1.807, 2.05) is 7.05 Å². The molecule has 1 aromatic carbocycles. The molecule has 2 amide bonds. The Labute approximate surface area is 117 Å². The Balaban J connectivity index is 2.66. The van der Waals surface area contributed by atoms with Crippen LogP contribution in [0, 0.1) is 0 Å². The van der Waals surface area contributed by atoms with Crippen LogP contribution in [0.15, 0.2) is 18.2 Å². The lowest BCUT2D eigenvalue weighted by atomic mass is 10.2. The molecule has 110 valence electrons. The van der Waals surface area contributed by atoms with Gasteiger partial charge in [-0.25, -0.2) is 9.59 Å². The fourth-order valence-corrected chi connectivity index (χ4v) is 1.60. The van der Waals surface area contributed by atoms with Crippen LogP contribution in [-0.4, -0.2) is 54.3 Å². The number of carboxylic acids is 1. The number of urea groups is 1. The number of nitrogens with one attached hydrogen (secondary N) is 2. The third-order valence-electron chi connectivity index (χ3n) is 2.75. The first-order valence-electron chi connectivity index (χ1n) is 6.18. The average molecular weight is 281 g/mol. The van der Waals surface area contributed by atoms with Gasteiger partial charge in [0.25, 0.3) is 0 Å². The molecule has 0 aliphatic carbocycles. The molecule has 1 aromatic rings. The van der Waals surface area contributed by atoms with Crippen LogP contribution < -0.4 is 10.6 Å². The van der Waals surface area contributed by atoms with E-state index in [1.165, 1.54) is 23.1 Å². The molecule has 0 aromatic heterocycles. The largest absolute Gasteiger partial charge is 0.507 e. The second-order valence-electron chi connectivity index (χ2n) is 4.35. The van der Waals surface area contributed by atoms with Gasteiger partial charge in [-0.15, -0.1) is 0 Å². The van der Waals surface area contributed by atoms with Gasteiger partial charge in [-0.2, -0.15) is 0 Å². The third kappa shape index (κ3) is 4.43. The van der Waals surface area contributed by atoms with Crippen molar-refractivity contribution in [1.82, 2.24) is 10.2 Å². The molecule has 0 atom stereocenters. The minimum Gasteiger partial charge on any atom is -0.507 e. The molecule has 0 spiro atoms. The van der Waals surface area contributed by atoms with Crippen molar-refractivity contribution in [2.24, 2.45) is 0 Å². The number of hydrogen-bond acceptors (Lipinski definition) is 4. The van der Waals surface area contributed by atoms with E-state index in [1.54, 1.807) is 7.05 Å².